The summed E-state index contributed by atoms with van der Waals surface area (Å²) in [5.41, 5.74) is 0.970. The molecule has 0 bridgehead atoms. The molecule has 2 aliphatic heterocycles. The van der Waals surface area contributed by atoms with E-state index in [0.29, 0.717) is 45.3 Å². The van der Waals surface area contributed by atoms with E-state index in [2.05, 4.69) is 43.1 Å². The molecule has 1 aromatic rings. The highest BCUT2D eigenvalue weighted by Crippen LogP contribution is 2.42. The third kappa shape index (κ3) is 12.9. The van der Waals surface area contributed by atoms with Crippen LogP contribution < -0.4 is 0 Å². The number of aryl methyl sites for hydroxylation is 1. The quantitative estimate of drug-likeness (QED) is 0.0495. The normalized spacial score (nSPS) is 27.2. The number of unbranched alkanes of at least 4 members (excludes halogenated alkanes) is 1. The van der Waals surface area contributed by atoms with E-state index in [9.17, 15) is 13.2 Å². The molecule has 0 spiro atoms. The summed E-state index contributed by atoms with van der Waals surface area (Å²) in [5, 5.41) is 0. The van der Waals surface area contributed by atoms with Gasteiger partial charge in [-0.25, -0.2) is 0 Å². The third-order valence-electron chi connectivity index (χ3n) is 9.88. The topological polar surface area (TPSA) is 107 Å². The summed E-state index contributed by atoms with van der Waals surface area (Å²) < 4.78 is 63.4. The van der Waals surface area contributed by atoms with Crippen molar-refractivity contribution in [2.45, 2.75) is 140 Å². The lowest BCUT2D eigenvalue weighted by Gasteiger charge is -2.31. The number of benzene rings is 1. The Morgan fingerprint density at radius 1 is 1.02 bits per heavy atom. The van der Waals surface area contributed by atoms with Gasteiger partial charge in [0.2, 0.25) is 0 Å². The molecule has 278 valence electrons. The Labute approximate surface area is 300 Å². The number of hydrogen-bond acceptors (Lipinski definition) is 9. The van der Waals surface area contributed by atoms with Crippen LogP contribution in [0.1, 0.15) is 103 Å². The first-order valence-corrected chi connectivity index (χ1v) is 19.9. The highest BCUT2D eigenvalue weighted by Gasteiger charge is 2.46. The maximum atomic E-state index is 13.6. The first-order valence-electron chi connectivity index (χ1n) is 18.5. The van der Waals surface area contributed by atoms with Crippen LogP contribution in [0.5, 0.6) is 0 Å². The fourth-order valence-corrected chi connectivity index (χ4v) is 8.01. The van der Waals surface area contributed by atoms with E-state index in [1.54, 1.807) is 24.3 Å². The Hall–Kier alpha value is -2.52. The van der Waals surface area contributed by atoms with Crippen LogP contribution in [-0.2, 0) is 42.8 Å². The van der Waals surface area contributed by atoms with Crippen molar-refractivity contribution in [3.8, 4) is 11.8 Å². The molecule has 3 aliphatic rings. The van der Waals surface area contributed by atoms with Gasteiger partial charge in [-0.3, -0.25) is 8.98 Å². The van der Waals surface area contributed by atoms with Crippen molar-refractivity contribution in [2.24, 2.45) is 17.8 Å². The van der Waals surface area contributed by atoms with Crippen molar-refractivity contribution in [2.75, 3.05) is 20.3 Å². The Morgan fingerprint density at radius 3 is 2.40 bits per heavy atom. The smallest absolute Gasteiger partial charge is 0.305 e. The van der Waals surface area contributed by atoms with Gasteiger partial charge in [0.1, 0.15) is 0 Å². The van der Waals surface area contributed by atoms with E-state index in [1.807, 2.05) is 13.8 Å². The molecule has 1 aromatic carbocycles. The lowest BCUT2D eigenvalue weighted by Crippen LogP contribution is -2.32. The zero-order valence-electron chi connectivity index (χ0n) is 30.4. The second kappa shape index (κ2) is 21.1. The molecular formula is C40H58O9S. The fraction of sp³-hybridized carbons (Fsp3) is 0.675. The monoisotopic (exact) mass is 714 g/mol. The summed E-state index contributed by atoms with van der Waals surface area (Å²) in [6.07, 6.45) is 16.8. The second-order valence-electron chi connectivity index (χ2n) is 13.7. The van der Waals surface area contributed by atoms with Crippen molar-refractivity contribution in [3.05, 3.63) is 54.1 Å². The van der Waals surface area contributed by atoms with Crippen molar-refractivity contribution in [3.63, 3.8) is 0 Å². The average Bonchev–Trinajstić information content (AvgIpc) is 3.42. The summed E-state index contributed by atoms with van der Waals surface area (Å²) in [6.45, 7) is 7.30. The molecule has 4 rings (SSSR count). The minimum Gasteiger partial charge on any atom is -0.469 e. The van der Waals surface area contributed by atoms with Gasteiger partial charge in [0.25, 0.3) is 10.1 Å². The number of allylic oxidation sites excluding steroid dienone is 2. The van der Waals surface area contributed by atoms with E-state index >= 15 is 0 Å². The number of ether oxygens (including phenoxy) is 5. The maximum absolute atomic E-state index is 13.6. The molecule has 3 fully saturated rings. The zero-order valence-corrected chi connectivity index (χ0v) is 31.2. The van der Waals surface area contributed by atoms with Crippen molar-refractivity contribution < 1.29 is 41.1 Å². The van der Waals surface area contributed by atoms with Gasteiger partial charge in [0.05, 0.1) is 30.3 Å². The van der Waals surface area contributed by atoms with Gasteiger partial charge in [-0.2, -0.15) is 8.42 Å². The molecule has 2 saturated heterocycles. The zero-order chi connectivity index (χ0) is 35.8. The summed E-state index contributed by atoms with van der Waals surface area (Å²) in [6, 6.07) is 6.74. The molecule has 0 amide bonds. The highest BCUT2D eigenvalue weighted by molar-refractivity contribution is 7.86. The molecular weight excluding hydrogens is 656 g/mol. The molecule has 1 saturated carbocycles. The van der Waals surface area contributed by atoms with Crippen LogP contribution in [0.2, 0.25) is 0 Å². The molecule has 3 unspecified atom stereocenters. The molecule has 0 radical (unpaired) electrons. The van der Waals surface area contributed by atoms with E-state index in [-0.39, 0.29) is 53.4 Å². The minimum absolute atomic E-state index is 0.136. The van der Waals surface area contributed by atoms with E-state index in [4.69, 9.17) is 27.9 Å². The van der Waals surface area contributed by atoms with Gasteiger partial charge in [-0.15, -0.1) is 11.8 Å². The SMILES string of the molecule is CC#CCCC(C)[C@@H](/C=C/[C@@H]1[C@@H](C/C=C\CCCC(=O)OC)[C@@H](OS(=O)(=O)c2ccc(C)cc2)C[C@H]1OC1CCCCO1)OC1CCCCO1. The number of esters is 1. The molecule has 8 atom stereocenters. The molecule has 9 nitrogen and oxygen atoms in total. The van der Waals surface area contributed by atoms with E-state index in [0.717, 1.165) is 56.9 Å². The molecule has 50 heavy (non-hydrogen) atoms. The van der Waals surface area contributed by atoms with Crippen molar-refractivity contribution in [1.82, 2.24) is 0 Å². The van der Waals surface area contributed by atoms with Crippen LogP contribution in [0.4, 0.5) is 0 Å². The van der Waals surface area contributed by atoms with Crippen molar-refractivity contribution in [1.29, 1.82) is 0 Å². The maximum Gasteiger partial charge on any atom is 0.305 e. The Bertz CT molecular complexity index is 1380. The minimum atomic E-state index is -4.04. The molecule has 1 aliphatic carbocycles. The van der Waals surface area contributed by atoms with Crippen LogP contribution in [0, 0.1) is 36.5 Å². The number of carbonyl (C=O) groups excluding carboxylic acids is 1. The Morgan fingerprint density at radius 2 is 1.74 bits per heavy atom. The number of rotatable bonds is 18. The summed E-state index contributed by atoms with van der Waals surface area (Å²) in [7, 11) is -2.65. The van der Waals surface area contributed by atoms with E-state index < -0.39 is 16.2 Å². The van der Waals surface area contributed by atoms with Gasteiger partial charge >= 0.3 is 5.97 Å². The molecule has 2 heterocycles. The van der Waals surface area contributed by atoms with Gasteiger partial charge < -0.3 is 23.7 Å². The van der Waals surface area contributed by atoms with Crippen LogP contribution in [0.15, 0.2) is 53.5 Å². The second-order valence-corrected chi connectivity index (χ2v) is 15.3. The van der Waals surface area contributed by atoms with Gasteiger partial charge in [-0.1, -0.05) is 48.9 Å². The molecule has 0 aromatic heterocycles. The van der Waals surface area contributed by atoms with Gasteiger partial charge in [0, 0.05) is 38.4 Å². The lowest BCUT2D eigenvalue weighted by atomic mass is 9.88. The largest absolute Gasteiger partial charge is 0.469 e. The number of carbonyl (C=O) groups is 1. The predicted molar refractivity (Wildman–Crippen MR) is 192 cm³/mol. The number of hydrogen-bond donors (Lipinski definition) is 0. The average molecular weight is 715 g/mol. The van der Waals surface area contributed by atoms with Gasteiger partial charge in [0.15, 0.2) is 12.6 Å². The van der Waals surface area contributed by atoms with Crippen LogP contribution in [0.3, 0.4) is 0 Å². The summed E-state index contributed by atoms with van der Waals surface area (Å²) >= 11 is 0. The first kappa shape index (κ1) is 40.3. The first-order chi connectivity index (χ1) is 24.2. The van der Waals surface area contributed by atoms with Gasteiger partial charge in [-0.05, 0) is 102 Å². The van der Waals surface area contributed by atoms with Crippen molar-refractivity contribution >= 4 is 16.1 Å². The standard InChI is InChI=1S/C40H58O9S/c1-5-6-9-16-31(3)35(47-39-19-12-14-27-45-39)26-25-34-33(17-10-7-8-11-18-38(41)44-4)37(29-36(34)48-40-20-13-15-28-46-40)49-50(42,43)32-23-21-30(2)22-24-32/h7,10,21-26,31,33-37,39-40H,8-9,11-20,27-29H2,1-4H3/b10-7-,26-25+/t31?,33-,34-,35-,36-,37+,39?,40?/m1/s1. The summed E-state index contributed by atoms with van der Waals surface area (Å²) in [5.74, 6) is 5.76. The highest BCUT2D eigenvalue weighted by atomic mass is 32.2. The Kier molecular flexibility index (Phi) is 17.0. The third-order valence-corrected chi connectivity index (χ3v) is 11.2. The van der Waals surface area contributed by atoms with Crippen LogP contribution in [-0.4, -0.2) is 65.6 Å². The van der Waals surface area contributed by atoms with Crippen LogP contribution >= 0.6 is 0 Å². The predicted octanol–water partition coefficient (Wildman–Crippen LogP) is 7.81. The van der Waals surface area contributed by atoms with E-state index in [1.165, 1.54) is 7.11 Å². The number of methoxy groups -OCH3 is 1. The lowest BCUT2D eigenvalue weighted by molar-refractivity contribution is -0.193. The Balaban J connectivity index is 1.63. The molecule has 10 heteroatoms. The van der Waals surface area contributed by atoms with Crippen LogP contribution in [0.25, 0.3) is 0 Å². The fourth-order valence-electron chi connectivity index (χ4n) is 6.88. The molecule has 0 N–H and O–H groups in total. The summed E-state index contributed by atoms with van der Waals surface area (Å²) in [4.78, 5) is 11.7.